The molecule has 1 amide bonds. The van der Waals surface area contributed by atoms with Crippen molar-refractivity contribution in [3.05, 3.63) is 59.7 Å². The van der Waals surface area contributed by atoms with Crippen LogP contribution in [0.4, 0.5) is 11.4 Å². The number of anilines is 2. The van der Waals surface area contributed by atoms with Crippen molar-refractivity contribution in [1.82, 2.24) is 9.62 Å². The first kappa shape index (κ1) is 23.2. The highest BCUT2D eigenvalue weighted by molar-refractivity contribution is 7.88. The largest absolute Gasteiger partial charge is 0.369 e. The molecule has 7 nitrogen and oxygen atoms in total. The molecule has 2 aromatic rings. The van der Waals surface area contributed by atoms with Crippen molar-refractivity contribution in [2.45, 2.75) is 19.8 Å². The van der Waals surface area contributed by atoms with E-state index in [1.54, 1.807) is 12.1 Å². The number of hydrogen-bond donors (Lipinski definition) is 2. The second kappa shape index (κ2) is 9.76. The first-order chi connectivity index (χ1) is 14.6. The predicted octanol–water partition coefficient (Wildman–Crippen LogP) is 3.02. The Bertz CT molecular complexity index is 1030. The topological polar surface area (TPSA) is 81.8 Å². The lowest BCUT2D eigenvalue weighted by atomic mass is 10.0. The molecule has 3 rings (SSSR count). The Morgan fingerprint density at radius 2 is 1.55 bits per heavy atom. The van der Waals surface area contributed by atoms with Gasteiger partial charge in [-0.1, -0.05) is 26.0 Å². The number of hydrogen-bond acceptors (Lipinski definition) is 5. The summed E-state index contributed by atoms with van der Waals surface area (Å²) in [6.45, 7) is 6.46. The van der Waals surface area contributed by atoms with E-state index in [-0.39, 0.29) is 11.0 Å². The lowest BCUT2D eigenvalue weighted by molar-refractivity contribution is 0.0977. The van der Waals surface area contributed by atoms with Crippen LogP contribution in [-0.4, -0.2) is 56.2 Å². The Balaban J connectivity index is 1.52. The van der Waals surface area contributed by atoms with E-state index in [1.165, 1.54) is 16.1 Å². The number of piperazine rings is 1. The quantitative estimate of drug-likeness (QED) is 0.668. The van der Waals surface area contributed by atoms with Crippen molar-refractivity contribution in [3.63, 3.8) is 0 Å². The molecule has 0 atom stereocenters. The van der Waals surface area contributed by atoms with Crippen molar-refractivity contribution < 1.29 is 13.2 Å². The van der Waals surface area contributed by atoms with Gasteiger partial charge in [-0.2, -0.15) is 4.31 Å². The van der Waals surface area contributed by atoms with E-state index in [9.17, 15) is 13.2 Å². The van der Waals surface area contributed by atoms with Gasteiger partial charge in [-0.25, -0.2) is 8.42 Å². The highest BCUT2D eigenvalue weighted by Gasteiger charge is 2.23. The number of nitrogens with one attached hydrogen (secondary N) is 2. The van der Waals surface area contributed by atoms with Gasteiger partial charge in [0, 0.05) is 43.1 Å². The highest BCUT2D eigenvalue weighted by atomic mass is 32.2. The van der Waals surface area contributed by atoms with Gasteiger partial charge >= 0.3 is 0 Å². The van der Waals surface area contributed by atoms with Crippen molar-refractivity contribution in [1.29, 1.82) is 0 Å². The van der Waals surface area contributed by atoms with Crippen LogP contribution >= 0.6 is 12.2 Å². The molecule has 0 bridgehead atoms. The second-order valence-corrected chi connectivity index (χ2v) is 10.3. The molecular weight excluding hydrogens is 432 g/mol. The molecule has 166 valence electrons. The van der Waals surface area contributed by atoms with Gasteiger partial charge in [-0.3, -0.25) is 10.1 Å². The van der Waals surface area contributed by atoms with E-state index in [0.717, 1.165) is 11.4 Å². The zero-order chi connectivity index (χ0) is 22.6. The van der Waals surface area contributed by atoms with Crippen LogP contribution in [0.2, 0.25) is 0 Å². The van der Waals surface area contributed by atoms with E-state index < -0.39 is 10.0 Å². The standard InChI is InChI=1S/C22H28N4O3S2/c1-16(2)17-4-6-18(7-5-17)21(27)24-22(30)23-19-8-10-20(11-9-19)25-12-14-26(15-13-25)31(3,28)29/h4-11,16H,12-15H2,1-3H3,(H2,23,24,27,30). The van der Waals surface area contributed by atoms with Gasteiger partial charge in [0.15, 0.2) is 5.11 Å². The molecule has 2 aromatic carbocycles. The van der Waals surface area contributed by atoms with Crippen LogP contribution in [0.15, 0.2) is 48.5 Å². The molecule has 0 saturated carbocycles. The second-order valence-electron chi connectivity index (χ2n) is 7.88. The van der Waals surface area contributed by atoms with Crippen molar-refractivity contribution in [2.24, 2.45) is 0 Å². The van der Waals surface area contributed by atoms with Gasteiger partial charge in [0.1, 0.15) is 0 Å². The molecule has 1 aliphatic rings. The summed E-state index contributed by atoms with van der Waals surface area (Å²) in [5.41, 5.74) is 3.50. The molecule has 0 unspecified atom stereocenters. The summed E-state index contributed by atoms with van der Waals surface area (Å²) in [6, 6.07) is 15.2. The fraction of sp³-hybridized carbons (Fsp3) is 0.364. The number of sulfonamides is 1. The summed E-state index contributed by atoms with van der Waals surface area (Å²) in [5.74, 6) is 0.152. The third kappa shape index (κ3) is 6.25. The molecule has 0 spiro atoms. The predicted molar refractivity (Wildman–Crippen MR) is 129 cm³/mol. The number of carbonyl (C=O) groups excluding carboxylic acids is 1. The fourth-order valence-corrected chi connectivity index (χ4v) is 4.43. The minimum atomic E-state index is -3.14. The molecular formula is C22H28N4O3S2. The van der Waals surface area contributed by atoms with Crippen molar-refractivity contribution in [3.8, 4) is 0 Å². The first-order valence-electron chi connectivity index (χ1n) is 10.2. The summed E-state index contributed by atoms with van der Waals surface area (Å²) < 4.78 is 24.8. The Morgan fingerprint density at radius 1 is 0.968 bits per heavy atom. The third-order valence-electron chi connectivity index (χ3n) is 5.26. The zero-order valence-electron chi connectivity index (χ0n) is 18.0. The zero-order valence-corrected chi connectivity index (χ0v) is 19.6. The maximum Gasteiger partial charge on any atom is 0.257 e. The molecule has 9 heteroatoms. The van der Waals surface area contributed by atoms with Gasteiger partial charge < -0.3 is 10.2 Å². The van der Waals surface area contributed by atoms with Gasteiger partial charge in [0.25, 0.3) is 5.91 Å². The smallest absolute Gasteiger partial charge is 0.257 e. The van der Waals surface area contributed by atoms with Gasteiger partial charge in [0.2, 0.25) is 10.0 Å². The Labute approximate surface area is 189 Å². The molecule has 31 heavy (non-hydrogen) atoms. The van der Waals surface area contributed by atoms with Crippen LogP contribution in [0.5, 0.6) is 0 Å². The average Bonchev–Trinajstić information content (AvgIpc) is 2.73. The van der Waals surface area contributed by atoms with E-state index >= 15 is 0 Å². The Kier molecular flexibility index (Phi) is 7.30. The number of carbonyl (C=O) groups is 1. The van der Waals surface area contributed by atoms with E-state index in [2.05, 4.69) is 29.4 Å². The average molecular weight is 461 g/mol. The van der Waals surface area contributed by atoms with E-state index in [1.807, 2.05) is 36.4 Å². The van der Waals surface area contributed by atoms with Gasteiger partial charge in [-0.15, -0.1) is 0 Å². The summed E-state index contributed by atoms with van der Waals surface area (Å²) in [4.78, 5) is 14.5. The number of benzene rings is 2. The lowest BCUT2D eigenvalue weighted by Gasteiger charge is -2.34. The highest BCUT2D eigenvalue weighted by Crippen LogP contribution is 2.20. The van der Waals surface area contributed by atoms with Crippen LogP contribution in [-0.2, 0) is 10.0 Å². The summed E-state index contributed by atoms with van der Waals surface area (Å²) in [6.07, 6.45) is 1.24. The SMILES string of the molecule is CC(C)c1ccc(C(=O)NC(=S)Nc2ccc(N3CCN(S(C)(=O)=O)CC3)cc2)cc1. The summed E-state index contributed by atoms with van der Waals surface area (Å²) in [5, 5.41) is 5.95. The molecule has 0 aliphatic carbocycles. The molecule has 2 N–H and O–H groups in total. The third-order valence-corrected chi connectivity index (χ3v) is 6.77. The van der Waals surface area contributed by atoms with Crippen LogP contribution in [0.25, 0.3) is 0 Å². The molecule has 0 aromatic heterocycles. The number of thiocarbonyl (C=S) groups is 1. The minimum Gasteiger partial charge on any atom is -0.369 e. The minimum absolute atomic E-state index is 0.229. The number of rotatable bonds is 5. The van der Waals surface area contributed by atoms with Crippen molar-refractivity contribution in [2.75, 3.05) is 42.7 Å². The number of amides is 1. The Morgan fingerprint density at radius 3 is 2.06 bits per heavy atom. The fourth-order valence-electron chi connectivity index (χ4n) is 3.39. The van der Waals surface area contributed by atoms with Gasteiger partial charge in [0.05, 0.1) is 6.26 Å². The van der Waals surface area contributed by atoms with Crippen LogP contribution in [0, 0.1) is 0 Å². The van der Waals surface area contributed by atoms with Gasteiger partial charge in [-0.05, 0) is 60.1 Å². The van der Waals surface area contributed by atoms with Crippen LogP contribution in [0.3, 0.4) is 0 Å². The van der Waals surface area contributed by atoms with Crippen LogP contribution < -0.4 is 15.5 Å². The van der Waals surface area contributed by atoms with Crippen LogP contribution in [0.1, 0.15) is 35.7 Å². The lowest BCUT2D eigenvalue weighted by Crippen LogP contribution is -2.48. The first-order valence-corrected chi connectivity index (χ1v) is 12.4. The molecule has 1 fully saturated rings. The molecule has 1 heterocycles. The maximum atomic E-state index is 12.4. The molecule has 1 saturated heterocycles. The van der Waals surface area contributed by atoms with Crippen molar-refractivity contribution >= 4 is 44.6 Å². The summed E-state index contributed by atoms with van der Waals surface area (Å²) in [7, 11) is -3.14. The monoisotopic (exact) mass is 460 g/mol. The normalized spacial score (nSPS) is 15.0. The molecule has 0 radical (unpaired) electrons. The van der Waals surface area contributed by atoms with E-state index in [4.69, 9.17) is 12.2 Å². The van der Waals surface area contributed by atoms with E-state index in [0.29, 0.717) is 37.7 Å². The number of nitrogens with zero attached hydrogens (tertiary/aromatic N) is 2. The summed E-state index contributed by atoms with van der Waals surface area (Å²) >= 11 is 5.27. The Hall–Kier alpha value is -2.49. The maximum absolute atomic E-state index is 12.4. The molecule has 1 aliphatic heterocycles.